The van der Waals surface area contributed by atoms with Gasteiger partial charge in [-0.1, -0.05) is 12.2 Å². The van der Waals surface area contributed by atoms with E-state index in [9.17, 15) is 4.79 Å². The van der Waals surface area contributed by atoms with E-state index in [0.29, 0.717) is 6.42 Å². The molecule has 0 bridgehead atoms. The Balaban J connectivity index is 3.50. The molecular weight excluding hydrogens is 100 g/mol. The lowest BCUT2D eigenvalue weighted by Gasteiger charge is -1.94. The third-order valence-electron chi connectivity index (χ3n) is 0.916. The molecule has 0 saturated heterocycles. The molecule has 0 saturated carbocycles. The van der Waals surface area contributed by atoms with Crippen molar-refractivity contribution in [1.82, 2.24) is 0 Å². The number of hydrogen-bond donors (Lipinski definition) is 0. The maximum absolute atomic E-state index is 10.0. The summed E-state index contributed by atoms with van der Waals surface area (Å²) in [4.78, 5) is 10.0. The van der Waals surface area contributed by atoms with E-state index in [1.54, 1.807) is 12.2 Å². The van der Waals surface area contributed by atoms with Crippen LogP contribution in [0.1, 0.15) is 6.42 Å². The van der Waals surface area contributed by atoms with Crippen LogP contribution in [0.2, 0.25) is 0 Å². The molecule has 1 atom stereocenters. The zero-order valence-corrected chi connectivity index (χ0v) is 4.84. The highest BCUT2D eigenvalue weighted by Crippen LogP contribution is 1.98. The smallest absolute Gasteiger partial charge is 0.127 e. The van der Waals surface area contributed by atoms with Crippen LogP contribution in [0.15, 0.2) is 25.3 Å². The molecule has 0 spiro atoms. The molecule has 0 heterocycles. The number of aldehydes is 1. The van der Waals surface area contributed by atoms with Gasteiger partial charge in [0.05, 0.1) is 0 Å². The van der Waals surface area contributed by atoms with Gasteiger partial charge in [0.2, 0.25) is 0 Å². The fourth-order valence-corrected chi connectivity index (χ4v) is 0.400. The first-order chi connectivity index (χ1) is 3.85. The molecule has 0 fully saturated rings. The summed E-state index contributed by atoms with van der Waals surface area (Å²) in [5.41, 5.74) is 0. The van der Waals surface area contributed by atoms with Gasteiger partial charge in [-0.15, -0.1) is 13.2 Å². The largest absolute Gasteiger partial charge is 0.303 e. The van der Waals surface area contributed by atoms with E-state index in [1.807, 2.05) is 0 Å². The Morgan fingerprint density at radius 2 is 2.12 bits per heavy atom. The molecule has 0 aliphatic heterocycles. The van der Waals surface area contributed by atoms with Crippen molar-refractivity contribution < 1.29 is 4.79 Å². The van der Waals surface area contributed by atoms with Crippen LogP contribution in [0.25, 0.3) is 0 Å². The molecule has 1 heteroatoms. The minimum atomic E-state index is -0.0347. The van der Waals surface area contributed by atoms with Crippen LogP contribution >= 0.6 is 0 Å². The monoisotopic (exact) mass is 110 g/mol. The molecule has 0 aromatic rings. The van der Waals surface area contributed by atoms with Crippen molar-refractivity contribution in [2.24, 2.45) is 5.92 Å². The first kappa shape index (κ1) is 7.15. The fraction of sp³-hybridized carbons (Fsp3) is 0.286. The van der Waals surface area contributed by atoms with Gasteiger partial charge in [0.15, 0.2) is 0 Å². The minimum absolute atomic E-state index is 0.0347. The molecule has 1 nitrogen and oxygen atoms in total. The van der Waals surface area contributed by atoms with E-state index in [0.717, 1.165) is 6.29 Å². The van der Waals surface area contributed by atoms with Crippen LogP contribution < -0.4 is 0 Å². The van der Waals surface area contributed by atoms with E-state index in [1.165, 1.54) is 0 Å². The highest BCUT2D eigenvalue weighted by atomic mass is 16.1. The van der Waals surface area contributed by atoms with Gasteiger partial charge in [0.1, 0.15) is 6.29 Å². The quantitative estimate of drug-likeness (QED) is 0.396. The van der Waals surface area contributed by atoms with Gasteiger partial charge in [-0.25, -0.2) is 0 Å². The first-order valence-electron chi connectivity index (χ1n) is 2.54. The second-order valence-corrected chi connectivity index (χ2v) is 1.56. The molecule has 44 valence electrons. The van der Waals surface area contributed by atoms with E-state index >= 15 is 0 Å². The van der Waals surface area contributed by atoms with Gasteiger partial charge in [-0.05, 0) is 6.42 Å². The average molecular weight is 110 g/mol. The maximum Gasteiger partial charge on any atom is 0.127 e. The molecule has 0 radical (unpaired) electrons. The van der Waals surface area contributed by atoms with Gasteiger partial charge < -0.3 is 4.79 Å². The summed E-state index contributed by atoms with van der Waals surface area (Å²) < 4.78 is 0. The van der Waals surface area contributed by atoms with E-state index in [2.05, 4.69) is 13.2 Å². The van der Waals surface area contributed by atoms with Crippen LogP contribution in [-0.4, -0.2) is 6.29 Å². The standard InChI is InChI=1S/C7H10O/c1-3-5-7(4-2)6-8/h3-4,6-7H,1-2,5H2. The molecule has 0 aromatic heterocycles. The summed E-state index contributed by atoms with van der Waals surface area (Å²) in [5.74, 6) is -0.0347. The summed E-state index contributed by atoms with van der Waals surface area (Å²) >= 11 is 0. The molecule has 0 rings (SSSR count). The van der Waals surface area contributed by atoms with Crippen LogP contribution in [-0.2, 0) is 4.79 Å². The van der Waals surface area contributed by atoms with Gasteiger partial charge in [0.25, 0.3) is 0 Å². The van der Waals surface area contributed by atoms with E-state index < -0.39 is 0 Å². The van der Waals surface area contributed by atoms with E-state index in [-0.39, 0.29) is 5.92 Å². The third-order valence-corrected chi connectivity index (χ3v) is 0.916. The molecule has 0 N–H and O–H groups in total. The number of carbonyl (C=O) groups excluding carboxylic acids is 1. The second kappa shape index (κ2) is 4.31. The second-order valence-electron chi connectivity index (χ2n) is 1.56. The van der Waals surface area contributed by atoms with Crippen molar-refractivity contribution in [3.8, 4) is 0 Å². The van der Waals surface area contributed by atoms with Crippen molar-refractivity contribution in [3.63, 3.8) is 0 Å². The van der Waals surface area contributed by atoms with E-state index in [4.69, 9.17) is 0 Å². The minimum Gasteiger partial charge on any atom is -0.303 e. The van der Waals surface area contributed by atoms with Gasteiger partial charge in [0, 0.05) is 5.92 Å². The van der Waals surface area contributed by atoms with Crippen molar-refractivity contribution >= 4 is 6.29 Å². The summed E-state index contributed by atoms with van der Waals surface area (Å²) in [5, 5.41) is 0. The van der Waals surface area contributed by atoms with Crippen LogP contribution in [0.3, 0.4) is 0 Å². The lowest BCUT2D eigenvalue weighted by molar-refractivity contribution is -0.109. The lowest BCUT2D eigenvalue weighted by atomic mass is 10.1. The Kier molecular flexibility index (Phi) is 3.85. The van der Waals surface area contributed by atoms with Gasteiger partial charge >= 0.3 is 0 Å². The fourth-order valence-electron chi connectivity index (χ4n) is 0.400. The summed E-state index contributed by atoms with van der Waals surface area (Å²) in [6.07, 6.45) is 4.90. The molecule has 1 unspecified atom stereocenters. The SMILES string of the molecule is C=CCC(C=C)C=O. The molecule has 0 aliphatic rings. The van der Waals surface area contributed by atoms with Crippen molar-refractivity contribution in [1.29, 1.82) is 0 Å². The van der Waals surface area contributed by atoms with Crippen molar-refractivity contribution in [3.05, 3.63) is 25.3 Å². The summed E-state index contributed by atoms with van der Waals surface area (Å²) in [7, 11) is 0. The Morgan fingerprint density at radius 3 is 2.25 bits per heavy atom. The Hall–Kier alpha value is -0.850. The Morgan fingerprint density at radius 1 is 1.50 bits per heavy atom. The predicted octanol–water partition coefficient (Wildman–Crippen LogP) is 1.56. The average Bonchev–Trinajstić information content (AvgIpc) is 1.83. The number of rotatable bonds is 4. The molecule has 0 aliphatic carbocycles. The normalized spacial score (nSPS) is 12.0. The lowest BCUT2D eigenvalue weighted by Crippen LogP contribution is -1.93. The first-order valence-corrected chi connectivity index (χ1v) is 2.54. The van der Waals surface area contributed by atoms with Crippen LogP contribution in [0, 0.1) is 5.92 Å². The van der Waals surface area contributed by atoms with Crippen LogP contribution in [0.4, 0.5) is 0 Å². The molecule has 8 heavy (non-hydrogen) atoms. The molecular formula is C7H10O. The van der Waals surface area contributed by atoms with Crippen molar-refractivity contribution in [2.75, 3.05) is 0 Å². The molecule has 0 amide bonds. The summed E-state index contributed by atoms with van der Waals surface area (Å²) in [6, 6.07) is 0. The van der Waals surface area contributed by atoms with Crippen molar-refractivity contribution in [2.45, 2.75) is 6.42 Å². The zero-order valence-electron chi connectivity index (χ0n) is 4.84. The maximum atomic E-state index is 10.0. The molecule has 0 aromatic carbocycles. The highest BCUT2D eigenvalue weighted by Gasteiger charge is 1.94. The van der Waals surface area contributed by atoms with Gasteiger partial charge in [-0.3, -0.25) is 0 Å². The Bertz CT molecular complexity index is 86.6. The number of carbonyl (C=O) groups is 1. The zero-order chi connectivity index (χ0) is 6.41. The van der Waals surface area contributed by atoms with Gasteiger partial charge in [-0.2, -0.15) is 0 Å². The number of hydrogen-bond acceptors (Lipinski definition) is 1. The third kappa shape index (κ3) is 2.35. The topological polar surface area (TPSA) is 17.1 Å². The van der Waals surface area contributed by atoms with Crippen LogP contribution in [0.5, 0.6) is 0 Å². The number of allylic oxidation sites excluding steroid dienone is 2. The summed E-state index contributed by atoms with van der Waals surface area (Å²) in [6.45, 7) is 6.96. The highest BCUT2D eigenvalue weighted by molar-refractivity contribution is 5.56. The predicted molar refractivity (Wildman–Crippen MR) is 34.6 cm³/mol. The Labute approximate surface area is 49.7 Å².